The number of ether oxygens (including phenoxy) is 1. The SMILES string of the molecule is CN1C(=O)/C(=C\c2ccc(COc3ccccc3[N+](=O)[O-])o2)NC1=S. The van der Waals surface area contributed by atoms with Gasteiger partial charge in [0.05, 0.1) is 4.92 Å². The Morgan fingerprint density at radius 3 is 2.80 bits per heavy atom. The van der Waals surface area contributed by atoms with E-state index in [1.807, 2.05) is 0 Å². The molecule has 0 aliphatic carbocycles. The molecule has 8 nitrogen and oxygen atoms in total. The summed E-state index contributed by atoms with van der Waals surface area (Å²) in [6.07, 6.45) is 1.53. The quantitative estimate of drug-likeness (QED) is 0.379. The highest BCUT2D eigenvalue weighted by molar-refractivity contribution is 7.80. The summed E-state index contributed by atoms with van der Waals surface area (Å²) in [7, 11) is 1.58. The van der Waals surface area contributed by atoms with Crippen molar-refractivity contribution >= 4 is 35.0 Å². The maximum absolute atomic E-state index is 11.9. The summed E-state index contributed by atoms with van der Waals surface area (Å²) in [6, 6.07) is 9.43. The first-order valence-corrected chi connectivity index (χ1v) is 7.62. The zero-order valence-electron chi connectivity index (χ0n) is 13.1. The van der Waals surface area contributed by atoms with Crippen LogP contribution >= 0.6 is 12.2 Å². The number of thiocarbonyl (C=S) groups is 1. The molecule has 25 heavy (non-hydrogen) atoms. The summed E-state index contributed by atoms with van der Waals surface area (Å²) in [4.78, 5) is 23.7. The summed E-state index contributed by atoms with van der Waals surface area (Å²) < 4.78 is 11.0. The van der Waals surface area contributed by atoms with Gasteiger partial charge in [0.2, 0.25) is 0 Å². The lowest BCUT2D eigenvalue weighted by molar-refractivity contribution is -0.386. The van der Waals surface area contributed by atoms with Crippen LogP contribution in [0, 0.1) is 10.1 Å². The minimum atomic E-state index is -0.510. The first-order valence-electron chi connectivity index (χ1n) is 7.21. The highest BCUT2D eigenvalue weighted by Gasteiger charge is 2.27. The van der Waals surface area contributed by atoms with E-state index in [9.17, 15) is 14.9 Å². The topological polar surface area (TPSA) is 97.9 Å². The van der Waals surface area contributed by atoms with Crippen LogP contribution in [0.5, 0.6) is 5.75 Å². The average Bonchev–Trinajstić information content (AvgIpc) is 3.14. The fourth-order valence-electron chi connectivity index (χ4n) is 2.19. The second-order valence-electron chi connectivity index (χ2n) is 5.17. The van der Waals surface area contributed by atoms with Gasteiger partial charge >= 0.3 is 5.69 Å². The Balaban J connectivity index is 1.70. The molecule has 0 saturated carbocycles. The minimum Gasteiger partial charge on any atom is -0.479 e. The molecule has 1 amide bonds. The van der Waals surface area contributed by atoms with Crippen LogP contribution < -0.4 is 10.1 Å². The van der Waals surface area contributed by atoms with Gasteiger partial charge in [0.1, 0.15) is 23.8 Å². The molecule has 1 aliphatic rings. The Kier molecular flexibility index (Phi) is 4.48. The van der Waals surface area contributed by atoms with Crippen molar-refractivity contribution in [3.63, 3.8) is 0 Å². The lowest BCUT2D eigenvalue weighted by Gasteiger charge is -2.04. The number of nitro groups is 1. The molecule has 128 valence electrons. The Morgan fingerprint density at radius 1 is 1.36 bits per heavy atom. The van der Waals surface area contributed by atoms with Gasteiger partial charge < -0.3 is 14.5 Å². The number of carbonyl (C=O) groups excluding carboxylic acids is 1. The van der Waals surface area contributed by atoms with Gasteiger partial charge in [-0.15, -0.1) is 0 Å². The van der Waals surface area contributed by atoms with Gasteiger partial charge in [-0.25, -0.2) is 0 Å². The van der Waals surface area contributed by atoms with Gasteiger partial charge in [0.15, 0.2) is 10.9 Å². The van der Waals surface area contributed by atoms with Crippen molar-refractivity contribution < 1.29 is 18.9 Å². The van der Waals surface area contributed by atoms with Crippen molar-refractivity contribution in [3.05, 3.63) is 63.7 Å². The molecule has 1 saturated heterocycles. The Hall–Kier alpha value is -3.20. The summed E-state index contributed by atoms with van der Waals surface area (Å²) >= 11 is 4.99. The summed E-state index contributed by atoms with van der Waals surface area (Å²) in [5.74, 6) is 0.809. The van der Waals surface area contributed by atoms with Crippen LogP contribution in [0.2, 0.25) is 0 Å². The third kappa shape index (κ3) is 3.50. The Morgan fingerprint density at radius 2 is 2.12 bits per heavy atom. The van der Waals surface area contributed by atoms with Crippen molar-refractivity contribution in [2.24, 2.45) is 0 Å². The molecule has 1 N–H and O–H groups in total. The number of likely N-dealkylation sites (N-methyl/N-ethyl adjacent to an activating group) is 1. The standard InChI is InChI=1S/C16H13N3O5S/c1-18-15(20)12(17-16(18)25)8-10-6-7-11(24-10)9-23-14-5-3-2-4-13(14)19(21)22/h2-8H,9H2,1H3,(H,17,25)/b12-8+. The number of furan rings is 1. The monoisotopic (exact) mass is 359 g/mol. The molecule has 0 radical (unpaired) electrons. The van der Waals surface area contributed by atoms with E-state index >= 15 is 0 Å². The van der Waals surface area contributed by atoms with E-state index < -0.39 is 4.92 Å². The van der Waals surface area contributed by atoms with Crippen molar-refractivity contribution in [3.8, 4) is 5.75 Å². The molecular weight excluding hydrogens is 346 g/mol. The smallest absolute Gasteiger partial charge is 0.310 e. The molecule has 3 rings (SSSR count). The molecule has 1 aliphatic heterocycles. The molecule has 0 bridgehead atoms. The fraction of sp³-hybridized carbons (Fsp3) is 0.125. The van der Waals surface area contributed by atoms with E-state index in [0.29, 0.717) is 22.3 Å². The van der Waals surface area contributed by atoms with Gasteiger partial charge in [0.25, 0.3) is 5.91 Å². The number of benzene rings is 1. The largest absolute Gasteiger partial charge is 0.479 e. The summed E-state index contributed by atoms with van der Waals surface area (Å²) in [5, 5.41) is 14.1. The van der Waals surface area contributed by atoms with Gasteiger partial charge in [-0.05, 0) is 30.4 Å². The number of rotatable bonds is 5. The normalized spacial score (nSPS) is 15.6. The van der Waals surface area contributed by atoms with E-state index in [1.54, 1.807) is 31.3 Å². The lowest BCUT2D eigenvalue weighted by Crippen LogP contribution is -2.25. The maximum atomic E-state index is 11.9. The van der Waals surface area contributed by atoms with E-state index in [1.165, 1.54) is 23.1 Å². The number of hydrogen-bond acceptors (Lipinski definition) is 6. The summed E-state index contributed by atoms with van der Waals surface area (Å²) in [5.41, 5.74) is 0.196. The zero-order valence-corrected chi connectivity index (χ0v) is 13.9. The van der Waals surface area contributed by atoms with E-state index in [0.717, 1.165) is 0 Å². The Bertz CT molecular complexity index is 889. The van der Waals surface area contributed by atoms with Crippen molar-refractivity contribution in [1.29, 1.82) is 0 Å². The molecule has 1 aromatic heterocycles. The second-order valence-corrected chi connectivity index (χ2v) is 5.56. The molecule has 1 fully saturated rings. The van der Waals surface area contributed by atoms with Gasteiger partial charge in [0, 0.05) is 19.2 Å². The minimum absolute atomic E-state index is 0.0215. The molecule has 2 heterocycles. The predicted octanol–water partition coefficient (Wildman–Crippen LogP) is 2.45. The van der Waals surface area contributed by atoms with E-state index in [2.05, 4.69) is 5.32 Å². The van der Waals surface area contributed by atoms with E-state index in [4.69, 9.17) is 21.4 Å². The predicted molar refractivity (Wildman–Crippen MR) is 92.6 cm³/mol. The Labute approximate surface area is 147 Å². The molecule has 0 atom stereocenters. The van der Waals surface area contributed by atoms with Crippen LogP contribution in [0.3, 0.4) is 0 Å². The van der Waals surface area contributed by atoms with Crippen LogP contribution in [-0.4, -0.2) is 27.9 Å². The number of para-hydroxylation sites is 2. The maximum Gasteiger partial charge on any atom is 0.310 e. The molecule has 0 spiro atoms. The van der Waals surface area contributed by atoms with Crippen LogP contribution in [0.15, 0.2) is 46.5 Å². The highest BCUT2D eigenvalue weighted by Crippen LogP contribution is 2.27. The van der Waals surface area contributed by atoms with Crippen molar-refractivity contribution in [2.45, 2.75) is 6.61 Å². The van der Waals surface area contributed by atoms with Gasteiger partial charge in [-0.1, -0.05) is 12.1 Å². The molecule has 0 unspecified atom stereocenters. The van der Waals surface area contributed by atoms with E-state index in [-0.39, 0.29) is 24.0 Å². The molecule has 1 aromatic carbocycles. The molecular formula is C16H13N3O5S. The van der Waals surface area contributed by atoms with Crippen LogP contribution in [0.4, 0.5) is 5.69 Å². The van der Waals surface area contributed by atoms with Gasteiger partial charge in [-0.3, -0.25) is 19.8 Å². The highest BCUT2D eigenvalue weighted by atomic mass is 32.1. The average molecular weight is 359 g/mol. The third-order valence-electron chi connectivity index (χ3n) is 3.48. The van der Waals surface area contributed by atoms with Crippen molar-refractivity contribution in [2.75, 3.05) is 7.05 Å². The number of nitrogens with one attached hydrogen (secondary N) is 1. The number of carbonyl (C=O) groups is 1. The fourth-order valence-corrected chi connectivity index (χ4v) is 2.39. The summed E-state index contributed by atoms with van der Waals surface area (Å²) in [6.45, 7) is 0.0215. The van der Waals surface area contributed by atoms with Gasteiger partial charge in [-0.2, -0.15) is 0 Å². The number of nitrogens with zero attached hydrogens (tertiary/aromatic N) is 2. The molecule has 2 aromatic rings. The zero-order chi connectivity index (χ0) is 18.0. The first-order chi connectivity index (χ1) is 12.0. The first kappa shape index (κ1) is 16.7. The molecule has 9 heteroatoms. The van der Waals surface area contributed by atoms with Crippen LogP contribution in [0.1, 0.15) is 11.5 Å². The third-order valence-corrected chi connectivity index (χ3v) is 3.86. The van der Waals surface area contributed by atoms with Crippen molar-refractivity contribution in [1.82, 2.24) is 10.2 Å². The number of nitro benzene ring substituents is 1. The number of amides is 1. The van der Waals surface area contributed by atoms with Crippen LogP contribution in [-0.2, 0) is 11.4 Å². The van der Waals surface area contributed by atoms with Crippen LogP contribution in [0.25, 0.3) is 6.08 Å². The second kappa shape index (κ2) is 6.73. The lowest BCUT2D eigenvalue weighted by atomic mass is 10.3. The number of hydrogen-bond donors (Lipinski definition) is 1.